The van der Waals surface area contributed by atoms with Gasteiger partial charge in [-0.05, 0) is 29.7 Å². The lowest BCUT2D eigenvalue weighted by atomic mass is 10.1. The molecule has 1 unspecified atom stereocenters. The van der Waals surface area contributed by atoms with Gasteiger partial charge in [0.2, 0.25) is 5.91 Å². The van der Waals surface area contributed by atoms with Gasteiger partial charge in [0, 0.05) is 16.6 Å². The van der Waals surface area contributed by atoms with Crippen LogP contribution in [0, 0.1) is 5.92 Å². The molecule has 7 heteroatoms. The zero-order valence-corrected chi connectivity index (χ0v) is 13.4. The number of rotatable bonds is 6. The number of nitrogens with two attached hydrogens (primary N) is 1. The normalized spacial score (nSPS) is 12.3. The van der Waals surface area contributed by atoms with E-state index in [-0.39, 0.29) is 18.0 Å². The molecular weight excluding hydrogens is 315 g/mol. The predicted octanol–water partition coefficient (Wildman–Crippen LogP) is 2.00. The van der Waals surface area contributed by atoms with Gasteiger partial charge in [-0.2, -0.15) is 0 Å². The van der Waals surface area contributed by atoms with Crippen LogP contribution in [0.15, 0.2) is 18.2 Å². The molecule has 0 aliphatic rings. The first-order valence-electron chi connectivity index (χ1n) is 6.42. The molecule has 1 atom stereocenters. The number of hydrogen-bond acceptors (Lipinski definition) is 3. The van der Waals surface area contributed by atoms with E-state index >= 15 is 0 Å². The molecule has 0 fully saturated rings. The number of carbonyl (C=O) groups is 2. The van der Waals surface area contributed by atoms with Crippen LogP contribution in [-0.4, -0.2) is 34.9 Å². The monoisotopic (exact) mass is 332 g/mol. The number of benzene rings is 1. The molecule has 1 rings (SSSR count). The van der Waals surface area contributed by atoms with Crippen molar-refractivity contribution >= 4 is 35.0 Å². The Bertz CT molecular complexity index is 515. The first-order chi connectivity index (χ1) is 9.70. The van der Waals surface area contributed by atoms with Gasteiger partial charge in [0.25, 0.3) is 5.91 Å². The molecule has 0 bridgehead atoms. The van der Waals surface area contributed by atoms with E-state index in [2.05, 4.69) is 0 Å². The van der Waals surface area contributed by atoms with E-state index < -0.39 is 17.9 Å². The van der Waals surface area contributed by atoms with Crippen molar-refractivity contribution in [2.45, 2.75) is 20.0 Å². The average molecular weight is 333 g/mol. The summed E-state index contributed by atoms with van der Waals surface area (Å²) in [7, 11) is 0. The fraction of sp³-hybridized carbons (Fsp3) is 0.429. The van der Waals surface area contributed by atoms with Crippen LogP contribution in [0.4, 0.5) is 0 Å². The standard InChI is InChI=1S/C14H18Cl2N2O3/c1-8(2)6-18(7-12(17)19)14(21)13(20)9-3-10(15)5-11(16)4-9/h3-5,8,13,20H,6-7H2,1-2H3,(H2,17,19). The van der Waals surface area contributed by atoms with E-state index in [4.69, 9.17) is 28.9 Å². The predicted molar refractivity (Wildman–Crippen MR) is 82.0 cm³/mol. The van der Waals surface area contributed by atoms with Crippen molar-refractivity contribution < 1.29 is 14.7 Å². The number of primary amides is 1. The largest absolute Gasteiger partial charge is 0.378 e. The van der Waals surface area contributed by atoms with Gasteiger partial charge in [-0.15, -0.1) is 0 Å². The second-order valence-corrected chi connectivity index (χ2v) is 6.06. The smallest absolute Gasteiger partial charge is 0.256 e. The number of nitrogens with zero attached hydrogens (tertiary/aromatic N) is 1. The minimum absolute atomic E-state index is 0.128. The number of carbonyl (C=O) groups excluding carboxylic acids is 2. The number of aliphatic hydroxyl groups excluding tert-OH is 1. The van der Waals surface area contributed by atoms with Crippen LogP contribution in [0.1, 0.15) is 25.5 Å². The van der Waals surface area contributed by atoms with Crippen LogP contribution < -0.4 is 5.73 Å². The lowest BCUT2D eigenvalue weighted by molar-refractivity contribution is -0.143. The molecule has 0 spiro atoms. The molecule has 0 aromatic heterocycles. The Morgan fingerprint density at radius 1 is 1.24 bits per heavy atom. The van der Waals surface area contributed by atoms with Crippen LogP contribution in [0.25, 0.3) is 0 Å². The summed E-state index contributed by atoms with van der Waals surface area (Å²) in [6.45, 7) is 3.85. The highest BCUT2D eigenvalue weighted by Crippen LogP contribution is 2.25. The Labute approximate surface area is 133 Å². The Balaban J connectivity index is 2.98. The highest BCUT2D eigenvalue weighted by Gasteiger charge is 2.26. The SMILES string of the molecule is CC(C)CN(CC(N)=O)C(=O)C(O)c1cc(Cl)cc(Cl)c1. The molecule has 2 amide bonds. The highest BCUT2D eigenvalue weighted by atomic mass is 35.5. The molecule has 0 radical (unpaired) electrons. The quantitative estimate of drug-likeness (QED) is 0.835. The summed E-state index contributed by atoms with van der Waals surface area (Å²) in [6.07, 6.45) is -1.45. The van der Waals surface area contributed by atoms with Gasteiger partial charge < -0.3 is 15.7 Å². The van der Waals surface area contributed by atoms with Gasteiger partial charge in [0.1, 0.15) is 0 Å². The number of hydrogen-bond donors (Lipinski definition) is 2. The Morgan fingerprint density at radius 2 is 1.76 bits per heavy atom. The van der Waals surface area contributed by atoms with Crippen LogP contribution in [0.5, 0.6) is 0 Å². The summed E-state index contributed by atoms with van der Waals surface area (Å²) >= 11 is 11.7. The second-order valence-electron chi connectivity index (χ2n) is 5.18. The number of aliphatic hydroxyl groups is 1. The van der Waals surface area contributed by atoms with Gasteiger partial charge in [0.05, 0.1) is 6.54 Å². The zero-order chi connectivity index (χ0) is 16.2. The van der Waals surface area contributed by atoms with Crippen LogP contribution in [0.3, 0.4) is 0 Å². The summed E-state index contributed by atoms with van der Waals surface area (Å²) in [5, 5.41) is 10.8. The van der Waals surface area contributed by atoms with Crippen LogP contribution in [0.2, 0.25) is 10.0 Å². The van der Waals surface area contributed by atoms with Gasteiger partial charge in [-0.3, -0.25) is 9.59 Å². The Morgan fingerprint density at radius 3 is 2.19 bits per heavy atom. The van der Waals surface area contributed by atoms with Gasteiger partial charge in [0.15, 0.2) is 6.10 Å². The maximum absolute atomic E-state index is 12.3. The molecule has 1 aromatic rings. The van der Waals surface area contributed by atoms with Crippen molar-refractivity contribution in [2.24, 2.45) is 11.7 Å². The van der Waals surface area contributed by atoms with Crippen LogP contribution in [-0.2, 0) is 9.59 Å². The van der Waals surface area contributed by atoms with E-state index in [9.17, 15) is 14.7 Å². The molecule has 0 saturated carbocycles. The van der Waals surface area contributed by atoms with E-state index in [0.29, 0.717) is 16.6 Å². The van der Waals surface area contributed by atoms with Gasteiger partial charge in [-0.1, -0.05) is 37.0 Å². The maximum Gasteiger partial charge on any atom is 0.256 e. The lowest BCUT2D eigenvalue weighted by Crippen LogP contribution is -2.42. The van der Waals surface area contributed by atoms with Crippen molar-refractivity contribution in [3.05, 3.63) is 33.8 Å². The maximum atomic E-state index is 12.3. The Kier molecular flexibility index (Phi) is 6.45. The van der Waals surface area contributed by atoms with Crippen molar-refractivity contribution in [3.63, 3.8) is 0 Å². The van der Waals surface area contributed by atoms with E-state index in [1.54, 1.807) is 0 Å². The summed E-state index contributed by atoms with van der Waals surface area (Å²) in [5.74, 6) is -1.12. The van der Waals surface area contributed by atoms with E-state index in [0.717, 1.165) is 0 Å². The molecule has 0 saturated heterocycles. The minimum Gasteiger partial charge on any atom is -0.378 e. The summed E-state index contributed by atoms with van der Waals surface area (Å²) in [4.78, 5) is 24.6. The highest BCUT2D eigenvalue weighted by molar-refractivity contribution is 6.34. The topological polar surface area (TPSA) is 83.6 Å². The second kappa shape index (κ2) is 7.64. The minimum atomic E-state index is -1.45. The van der Waals surface area contributed by atoms with E-state index in [1.165, 1.54) is 23.1 Å². The fourth-order valence-electron chi connectivity index (χ4n) is 1.91. The van der Waals surface area contributed by atoms with Crippen molar-refractivity contribution in [2.75, 3.05) is 13.1 Å². The van der Waals surface area contributed by atoms with Gasteiger partial charge in [-0.25, -0.2) is 0 Å². The molecule has 0 aliphatic carbocycles. The summed E-state index contributed by atoms with van der Waals surface area (Å²) < 4.78 is 0. The van der Waals surface area contributed by atoms with Crippen molar-refractivity contribution in [3.8, 4) is 0 Å². The van der Waals surface area contributed by atoms with Gasteiger partial charge >= 0.3 is 0 Å². The molecule has 116 valence electrons. The lowest BCUT2D eigenvalue weighted by Gasteiger charge is -2.25. The molecule has 1 aromatic carbocycles. The zero-order valence-electron chi connectivity index (χ0n) is 11.8. The average Bonchev–Trinajstić information content (AvgIpc) is 2.33. The third-order valence-electron chi connectivity index (χ3n) is 2.68. The van der Waals surface area contributed by atoms with Crippen LogP contribution >= 0.6 is 23.2 Å². The molecule has 5 nitrogen and oxygen atoms in total. The van der Waals surface area contributed by atoms with Crippen molar-refractivity contribution in [1.29, 1.82) is 0 Å². The van der Waals surface area contributed by atoms with Crippen molar-refractivity contribution in [1.82, 2.24) is 4.90 Å². The number of amides is 2. The Hall–Kier alpha value is -1.30. The molecular formula is C14H18Cl2N2O3. The third-order valence-corrected chi connectivity index (χ3v) is 3.11. The fourth-order valence-corrected chi connectivity index (χ4v) is 2.45. The summed E-state index contributed by atoms with van der Waals surface area (Å²) in [6, 6.07) is 4.40. The molecule has 3 N–H and O–H groups in total. The number of halogens is 2. The third kappa shape index (κ3) is 5.53. The molecule has 21 heavy (non-hydrogen) atoms. The first kappa shape index (κ1) is 17.8. The summed E-state index contributed by atoms with van der Waals surface area (Å²) in [5.41, 5.74) is 5.41. The first-order valence-corrected chi connectivity index (χ1v) is 7.17. The van der Waals surface area contributed by atoms with E-state index in [1.807, 2.05) is 13.8 Å². The molecule has 0 aliphatic heterocycles. The molecule has 0 heterocycles.